The lowest BCUT2D eigenvalue weighted by Gasteiger charge is -2.39. The molecule has 1 aliphatic heterocycles. The quantitative estimate of drug-likeness (QED) is 0.584. The van der Waals surface area contributed by atoms with E-state index in [1.165, 1.54) is 0 Å². The van der Waals surface area contributed by atoms with E-state index in [9.17, 15) is 14.4 Å². The molecule has 5 heteroatoms. The number of nitrogens with one attached hydrogen (secondary N) is 1. The van der Waals surface area contributed by atoms with Crippen LogP contribution in [0.25, 0.3) is 0 Å². The predicted molar refractivity (Wildman–Crippen MR) is 61.7 cm³/mol. The molecule has 1 rings (SSSR count). The summed E-state index contributed by atoms with van der Waals surface area (Å²) < 4.78 is 0. The van der Waals surface area contributed by atoms with Crippen molar-refractivity contribution in [3.8, 4) is 12.3 Å². The molecule has 4 amide bonds. The minimum Gasteiger partial charge on any atom is -0.277 e. The molecule has 0 saturated carbocycles. The lowest BCUT2D eigenvalue weighted by Crippen LogP contribution is -2.65. The van der Waals surface area contributed by atoms with Crippen LogP contribution in [0.5, 0.6) is 0 Å². The maximum atomic E-state index is 12.3. The van der Waals surface area contributed by atoms with Gasteiger partial charge in [0.1, 0.15) is 5.41 Å². The highest BCUT2D eigenvalue weighted by Crippen LogP contribution is 2.32. The Balaban J connectivity index is 3.21. The average molecular weight is 236 g/mol. The summed E-state index contributed by atoms with van der Waals surface area (Å²) in [5.74, 6) is 1.30. The van der Waals surface area contributed by atoms with Gasteiger partial charge in [0.25, 0.3) is 0 Å². The highest BCUT2D eigenvalue weighted by molar-refractivity contribution is 6.19. The van der Waals surface area contributed by atoms with E-state index in [-0.39, 0.29) is 0 Å². The van der Waals surface area contributed by atoms with Crippen molar-refractivity contribution in [3.05, 3.63) is 0 Å². The van der Waals surface area contributed by atoms with E-state index in [0.717, 1.165) is 4.90 Å². The van der Waals surface area contributed by atoms with E-state index in [0.29, 0.717) is 12.8 Å². The molecule has 0 aromatic carbocycles. The number of hydrogen-bond donors (Lipinski definition) is 1. The van der Waals surface area contributed by atoms with Gasteiger partial charge in [-0.3, -0.25) is 14.9 Å². The zero-order chi connectivity index (χ0) is 13.2. The molecule has 1 heterocycles. The topological polar surface area (TPSA) is 66.5 Å². The van der Waals surface area contributed by atoms with Crippen molar-refractivity contribution in [3.63, 3.8) is 0 Å². The molecule has 5 nitrogen and oxygen atoms in total. The molecule has 1 N–H and O–H groups in total. The number of imide groups is 2. The van der Waals surface area contributed by atoms with Gasteiger partial charge in [-0.25, -0.2) is 9.69 Å². The molecule has 17 heavy (non-hydrogen) atoms. The van der Waals surface area contributed by atoms with Gasteiger partial charge < -0.3 is 0 Å². The zero-order valence-corrected chi connectivity index (χ0v) is 10.2. The Kier molecular flexibility index (Phi) is 3.56. The van der Waals surface area contributed by atoms with Gasteiger partial charge in [0, 0.05) is 0 Å². The van der Waals surface area contributed by atoms with Gasteiger partial charge in [-0.1, -0.05) is 19.8 Å². The van der Waals surface area contributed by atoms with Crippen LogP contribution in [0.2, 0.25) is 0 Å². The molecule has 0 aromatic heterocycles. The Labute approximate surface area is 101 Å². The van der Waals surface area contributed by atoms with E-state index in [1.807, 2.05) is 0 Å². The number of carbonyl (C=O) groups is 3. The van der Waals surface area contributed by atoms with E-state index in [2.05, 4.69) is 11.2 Å². The van der Waals surface area contributed by atoms with Crippen molar-refractivity contribution in [1.82, 2.24) is 10.2 Å². The molecule has 1 unspecified atom stereocenters. The molecule has 0 spiro atoms. The fourth-order valence-corrected chi connectivity index (χ4v) is 2.00. The van der Waals surface area contributed by atoms with Crippen LogP contribution in [0.1, 0.15) is 33.6 Å². The first-order chi connectivity index (χ1) is 7.94. The lowest BCUT2D eigenvalue weighted by molar-refractivity contribution is -0.152. The van der Waals surface area contributed by atoms with E-state index >= 15 is 0 Å². The van der Waals surface area contributed by atoms with Crippen LogP contribution in [0, 0.1) is 17.8 Å². The van der Waals surface area contributed by atoms with E-state index in [1.54, 1.807) is 20.8 Å². The lowest BCUT2D eigenvalue weighted by atomic mass is 9.78. The van der Waals surface area contributed by atoms with Gasteiger partial charge in [-0.2, -0.15) is 0 Å². The highest BCUT2D eigenvalue weighted by atomic mass is 16.2. The van der Waals surface area contributed by atoms with Crippen LogP contribution in [-0.4, -0.2) is 28.8 Å². The summed E-state index contributed by atoms with van der Waals surface area (Å²) in [6.45, 7) is 5.06. The first kappa shape index (κ1) is 13.2. The summed E-state index contributed by atoms with van der Waals surface area (Å²) in [5, 5.41) is 2.20. The smallest absolute Gasteiger partial charge is 0.277 e. The number of urea groups is 1. The highest BCUT2D eigenvalue weighted by Gasteiger charge is 2.52. The summed E-state index contributed by atoms with van der Waals surface area (Å²) in [4.78, 5) is 36.7. The summed E-state index contributed by atoms with van der Waals surface area (Å²) in [7, 11) is 0. The van der Waals surface area contributed by atoms with Crippen LogP contribution < -0.4 is 5.32 Å². The molecular formula is C12H16N2O3. The summed E-state index contributed by atoms with van der Waals surface area (Å²) in [6, 6.07) is -1.39. The number of carbonyl (C=O) groups excluding carboxylic acids is 3. The normalized spacial score (nSPS) is 20.8. The van der Waals surface area contributed by atoms with E-state index < -0.39 is 29.3 Å². The van der Waals surface area contributed by atoms with Crippen LogP contribution >= 0.6 is 0 Å². The van der Waals surface area contributed by atoms with Crippen molar-refractivity contribution in [1.29, 1.82) is 0 Å². The third kappa shape index (κ3) is 1.80. The Morgan fingerprint density at radius 1 is 1.35 bits per heavy atom. The van der Waals surface area contributed by atoms with Crippen molar-refractivity contribution >= 4 is 17.8 Å². The Morgan fingerprint density at radius 2 is 1.88 bits per heavy atom. The number of terminal acetylenes is 1. The fraction of sp³-hybridized carbons (Fsp3) is 0.583. The standard InChI is InChI=1S/C12H16N2O3/c1-5-8(4)14-10(16)12(6-2,7-3)9(15)13-11(14)17/h1,8H,6-7H2,2-4H3,(H,13,15,17). The summed E-state index contributed by atoms with van der Waals surface area (Å²) in [5.41, 5.74) is -1.17. The van der Waals surface area contributed by atoms with Crippen molar-refractivity contribution in [2.24, 2.45) is 5.41 Å². The molecule has 0 bridgehead atoms. The van der Waals surface area contributed by atoms with Crippen LogP contribution in [0.4, 0.5) is 4.79 Å². The second-order valence-corrected chi connectivity index (χ2v) is 4.07. The van der Waals surface area contributed by atoms with Gasteiger partial charge in [-0.05, 0) is 19.8 Å². The van der Waals surface area contributed by atoms with Crippen LogP contribution in [0.15, 0.2) is 0 Å². The first-order valence-corrected chi connectivity index (χ1v) is 5.59. The molecule has 1 aliphatic rings. The average Bonchev–Trinajstić information content (AvgIpc) is 2.30. The Morgan fingerprint density at radius 3 is 2.29 bits per heavy atom. The predicted octanol–water partition coefficient (Wildman–Crippen LogP) is 0.893. The van der Waals surface area contributed by atoms with Gasteiger partial charge in [0.15, 0.2) is 0 Å². The molecule has 0 radical (unpaired) electrons. The second kappa shape index (κ2) is 4.58. The molecule has 92 valence electrons. The third-order valence-electron chi connectivity index (χ3n) is 3.34. The van der Waals surface area contributed by atoms with Crippen molar-refractivity contribution < 1.29 is 14.4 Å². The maximum Gasteiger partial charge on any atom is 0.331 e. The SMILES string of the molecule is C#CC(C)N1C(=O)NC(=O)C(CC)(CC)C1=O. The van der Waals surface area contributed by atoms with E-state index in [4.69, 9.17) is 6.42 Å². The van der Waals surface area contributed by atoms with Crippen LogP contribution in [0.3, 0.4) is 0 Å². The van der Waals surface area contributed by atoms with Crippen molar-refractivity contribution in [2.75, 3.05) is 0 Å². The monoisotopic (exact) mass is 236 g/mol. The minimum absolute atomic E-state index is 0.342. The largest absolute Gasteiger partial charge is 0.331 e. The van der Waals surface area contributed by atoms with Gasteiger partial charge in [0.05, 0.1) is 6.04 Å². The second-order valence-electron chi connectivity index (χ2n) is 4.07. The number of barbiturate groups is 1. The number of nitrogens with zero attached hydrogens (tertiary/aromatic N) is 1. The fourth-order valence-electron chi connectivity index (χ4n) is 2.00. The van der Waals surface area contributed by atoms with Crippen molar-refractivity contribution in [2.45, 2.75) is 39.7 Å². The summed E-state index contributed by atoms with van der Waals surface area (Å²) >= 11 is 0. The Bertz CT molecular complexity index is 404. The molecule has 1 fully saturated rings. The Hall–Kier alpha value is -1.83. The maximum absolute atomic E-state index is 12.3. The minimum atomic E-state index is -1.17. The number of hydrogen-bond acceptors (Lipinski definition) is 3. The molecule has 1 atom stereocenters. The number of amides is 4. The van der Waals surface area contributed by atoms with Crippen LogP contribution in [-0.2, 0) is 9.59 Å². The number of rotatable bonds is 3. The van der Waals surface area contributed by atoms with Gasteiger partial charge in [0.2, 0.25) is 11.8 Å². The zero-order valence-electron chi connectivity index (χ0n) is 10.2. The van der Waals surface area contributed by atoms with Gasteiger partial charge in [-0.15, -0.1) is 6.42 Å². The van der Waals surface area contributed by atoms with Gasteiger partial charge >= 0.3 is 6.03 Å². The first-order valence-electron chi connectivity index (χ1n) is 5.59. The molecule has 0 aliphatic carbocycles. The summed E-state index contributed by atoms with van der Waals surface area (Å²) in [6.07, 6.45) is 5.91. The molecule has 0 aromatic rings. The third-order valence-corrected chi connectivity index (χ3v) is 3.34. The molecule has 1 saturated heterocycles. The molecular weight excluding hydrogens is 220 g/mol.